The molecule has 100 valence electrons. The minimum atomic E-state index is -0.334. The Labute approximate surface area is 113 Å². The second-order valence-electron chi connectivity index (χ2n) is 4.23. The summed E-state index contributed by atoms with van der Waals surface area (Å²) < 4.78 is 10.8. The van der Waals surface area contributed by atoms with E-state index in [1.807, 2.05) is 37.3 Å². The maximum atomic E-state index is 6.37. The van der Waals surface area contributed by atoms with Gasteiger partial charge in [-0.15, -0.1) is 0 Å². The van der Waals surface area contributed by atoms with Gasteiger partial charge in [0.05, 0.1) is 25.8 Å². The summed E-state index contributed by atoms with van der Waals surface area (Å²) in [7, 11) is 3.25. The molecule has 2 N–H and O–H groups in total. The van der Waals surface area contributed by atoms with Crippen molar-refractivity contribution in [1.82, 2.24) is 4.98 Å². The van der Waals surface area contributed by atoms with Crippen LogP contribution in [-0.2, 0) is 0 Å². The molecule has 0 bridgehead atoms. The third-order valence-corrected chi connectivity index (χ3v) is 3.16. The fourth-order valence-corrected chi connectivity index (χ4v) is 2.17. The zero-order valence-electron chi connectivity index (χ0n) is 11.4. The van der Waals surface area contributed by atoms with Crippen molar-refractivity contribution in [3.05, 3.63) is 53.3 Å². The lowest BCUT2D eigenvalue weighted by atomic mass is 9.97. The number of aryl methyl sites for hydroxylation is 1. The number of benzene rings is 1. The molecular weight excluding hydrogens is 240 g/mol. The Morgan fingerprint density at radius 1 is 1.05 bits per heavy atom. The zero-order chi connectivity index (χ0) is 13.8. The average molecular weight is 258 g/mol. The van der Waals surface area contributed by atoms with Gasteiger partial charge in [0.1, 0.15) is 11.5 Å². The third-order valence-electron chi connectivity index (χ3n) is 3.16. The maximum absolute atomic E-state index is 6.37. The molecule has 4 nitrogen and oxygen atoms in total. The fourth-order valence-electron chi connectivity index (χ4n) is 2.17. The van der Waals surface area contributed by atoms with Crippen LogP contribution in [0.1, 0.15) is 22.9 Å². The number of hydrogen-bond donors (Lipinski definition) is 1. The topological polar surface area (TPSA) is 57.4 Å². The van der Waals surface area contributed by atoms with Crippen LogP contribution in [0.3, 0.4) is 0 Å². The second-order valence-corrected chi connectivity index (χ2v) is 4.23. The maximum Gasteiger partial charge on any atom is 0.127 e. The zero-order valence-corrected chi connectivity index (χ0v) is 11.4. The number of nitrogens with zero attached hydrogens (tertiary/aromatic N) is 1. The van der Waals surface area contributed by atoms with Crippen molar-refractivity contribution in [3.8, 4) is 11.5 Å². The Balaban J connectivity index is 2.55. The van der Waals surface area contributed by atoms with E-state index in [4.69, 9.17) is 15.2 Å². The van der Waals surface area contributed by atoms with Crippen molar-refractivity contribution in [2.45, 2.75) is 13.0 Å². The second kappa shape index (κ2) is 5.71. The van der Waals surface area contributed by atoms with Gasteiger partial charge in [-0.05, 0) is 30.7 Å². The Kier molecular flexibility index (Phi) is 4.02. The molecule has 0 aliphatic heterocycles. The number of rotatable bonds is 4. The first kappa shape index (κ1) is 13.4. The number of aromatic nitrogens is 1. The molecule has 2 aromatic rings. The average Bonchev–Trinajstić information content (AvgIpc) is 2.46. The van der Waals surface area contributed by atoms with Gasteiger partial charge in [-0.2, -0.15) is 0 Å². The molecule has 0 aliphatic carbocycles. The van der Waals surface area contributed by atoms with Gasteiger partial charge in [0.2, 0.25) is 0 Å². The quantitative estimate of drug-likeness (QED) is 0.915. The summed E-state index contributed by atoms with van der Waals surface area (Å²) in [6, 6.07) is 9.15. The van der Waals surface area contributed by atoms with Crippen molar-refractivity contribution < 1.29 is 9.47 Å². The van der Waals surface area contributed by atoms with Crippen LogP contribution in [0.5, 0.6) is 11.5 Å². The highest BCUT2D eigenvalue weighted by Crippen LogP contribution is 2.36. The predicted octanol–water partition coefficient (Wildman–Crippen LogP) is 2.46. The van der Waals surface area contributed by atoms with E-state index in [-0.39, 0.29) is 6.04 Å². The first-order valence-corrected chi connectivity index (χ1v) is 6.07. The molecule has 0 fully saturated rings. The highest BCUT2D eigenvalue weighted by Gasteiger charge is 2.20. The number of hydrogen-bond acceptors (Lipinski definition) is 4. The molecule has 1 aromatic heterocycles. The van der Waals surface area contributed by atoms with Crippen LogP contribution < -0.4 is 15.2 Å². The van der Waals surface area contributed by atoms with E-state index < -0.39 is 0 Å². The van der Waals surface area contributed by atoms with Crippen LogP contribution in [-0.4, -0.2) is 19.2 Å². The monoisotopic (exact) mass is 258 g/mol. The fraction of sp³-hybridized carbons (Fsp3) is 0.267. The lowest BCUT2D eigenvalue weighted by Gasteiger charge is -2.20. The van der Waals surface area contributed by atoms with E-state index in [2.05, 4.69) is 4.98 Å². The summed E-state index contributed by atoms with van der Waals surface area (Å²) in [5, 5.41) is 0. The van der Waals surface area contributed by atoms with Gasteiger partial charge in [0, 0.05) is 11.9 Å². The highest BCUT2D eigenvalue weighted by molar-refractivity contribution is 5.50. The van der Waals surface area contributed by atoms with Crippen molar-refractivity contribution in [2.24, 2.45) is 5.73 Å². The molecule has 4 heteroatoms. The van der Waals surface area contributed by atoms with Gasteiger partial charge in [-0.3, -0.25) is 4.98 Å². The van der Waals surface area contributed by atoms with Crippen LogP contribution in [0.4, 0.5) is 0 Å². The Hall–Kier alpha value is -2.07. The van der Waals surface area contributed by atoms with Gasteiger partial charge >= 0.3 is 0 Å². The third kappa shape index (κ3) is 2.53. The van der Waals surface area contributed by atoms with Crippen molar-refractivity contribution in [2.75, 3.05) is 14.2 Å². The van der Waals surface area contributed by atoms with Crippen LogP contribution in [0.15, 0.2) is 36.5 Å². The van der Waals surface area contributed by atoms with E-state index in [1.165, 1.54) is 0 Å². The van der Waals surface area contributed by atoms with Crippen LogP contribution in [0, 0.1) is 6.92 Å². The Morgan fingerprint density at radius 2 is 1.68 bits per heavy atom. The Bertz CT molecular complexity index is 548. The van der Waals surface area contributed by atoms with Crippen molar-refractivity contribution in [1.29, 1.82) is 0 Å². The van der Waals surface area contributed by atoms with Crippen molar-refractivity contribution in [3.63, 3.8) is 0 Å². The molecule has 1 atom stereocenters. The number of methoxy groups -OCH3 is 2. The summed E-state index contributed by atoms with van der Waals surface area (Å²) in [6.07, 6.45) is 1.75. The highest BCUT2D eigenvalue weighted by atomic mass is 16.5. The lowest BCUT2D eigenvalue weighted by Crippen LogP contribution is -2.16. The van der Waals surface area contributed by atoms with E-state index in [0.29, 0.717) is 0 Å². The smallest absolute Gasteiger partial charge is 0.127 e. The van der Waals surface area contributed by atoms with Gasteiger partial charge in [-0.1, -0.05) is 12.1 Å². The van der Waals surface area contributed by atoms with Crippen LogP contribution >= 0.6 is 0 Å². The normalized spacial score (nSPS) is 12.0. The van der Waals surface area contributed by atoms with E-state index in [0.717, 1.165) is 28.3 Å². The molecule has 0 radical (unpaired) electrons. The van der Waals surface area contributed by atoms with Gasteiger partial charge in [0.15, 0.2) is 0 Å². The number of nitrogens with two attached hydrogens (primary N) is 1. The molecule has 19 heavy (non-hydrogen) atoms. The van der Waals surface area contributed by atoms with Crippen LogP contribution in [0.25, 0.3) is 0 Å². The summed E-state index contributed by atoms with van der Waals surface area (Å²) in [5.74, 6) is 1.44. The summed E-state index contributed by atoms with van der Waals surface area (Å²) in [6.45, 7) is 1.94. The molecule has 1 aromatic carbocycles. The largest absolute Gasteiger partial charge is 0.496 e. The SMILES string of the molecule is COc1cccc(OC)c1C(N)c1cccnc1C. The van der Waals surface area contributed by atoms with Gasteiger partial charge in [0.25, 0.3) is 0 Å². The van der Waals surface area contributed by atoms with E-state index >= 15 is 0 Å². The number of ether oxygens (including phenoxy) is 2. The molecule has 0 amide bonds. The predicted molar refractivity (Wildman–Crippen MR) is 74.6 cm³/mol. The Morgan fingerprint density at radius 3 is 2.21 bits per heavy atom. The molecule has 2 rings (SSSR count). The lowest BCUT2D eigenvalue weighted by molar-refractivity contribution is 0.382. The van der Waals surface area contributed by atoms with E-state index in [9.17, 15) is 0 Å². The molecule has 0 saturated carbocycles. The first-order chi connectivity index (χ1) is 9.19. The molecule has 1 unspecified atom stereocenters. The first-order valence-electron chi connectivity index (χ1n) is 6.07. The number of pyridine rings is 1. The minimum Gasteiger partial charge on any atom is -0.496 e. The summed E-state index contributed by atoms with van der Waals surface area (Å²) in [5.41, 5.74) is 9.08. The van der Waals surface area contributed by atoms with Gasteiger partial charge in [-0.25, -0.2) is 0 Å². The van der Waals surface area contributed by atoms with E-state index in [1.54, 1.807) is 20.4 Å². The molecule has 0 aliphatic rings. The minimum absolute atomic E-state index is 0.334. The molecule has 1 heterocycles. The standard InChI is InChI=1S/C15H18N2O2/c1-10-11(6-5-9-17-10)15(16)14-12(18-2)7-4-8-13(14)19-3/h4-9,15H,16H2,1-3H3. The summed E-state index contributed by atoms with van der Waals surface area (Å²) >= 11 is 0. The van der Waals surface area contributed by atoms with Crippen LogP contribution in [0.2, 0.25) is 0 Å². The van der Waals surface area contributed by atoms with Gasteiger partial charge < -0.3 is 15.2 Å². The molecular formula is C15H18N2O2. The molecule has 0 saturated heterocycles. The summed E-state index contributed by atoms with van der Waals surface area (Å²) in [4.78, 5) is 4.28. The molecule has 0 spiro atoms. The van der Waals surface area contributed by atoms with Crippen molar-refractivity contribution >= 4 is 0 Å².